The minimum absolute atomic E-state index is 0.0449. The molecule has 10 heteroatoms. The van der Waals surface area contributed by atoms with E-state index in [1.54, 1.807) is 23.8 Å². The highest BCUT2D eigenvalue weighted by Crippen LogP contribution is 2.35. The maximum Gasteiger partial charge on any atom is 0.417 e. The first kappa shape index (κ1) is 20.2. The number of aromatic amines is 1. The molecule has 0 fully saturated rings. The van der Waals surface area contributed by atoms with Gasteiger partial charge in [0.1, 0.15) is 10.6 Å². The van der Waals surface area contributed by atoms with Gasteiger partial charge in [0.15, 0.2) is 0 Å². The monoisotopic (exact) mass is 450 g/mol. The maximum absolute atomic E-state index is 12.8. The average molecular weight is 451 g/mol. The highest BCUT2D eigenvalue weighted by Gasteiger charge is 2.33. The Morgan fingerprint density at radius 2 is 2.03 bits per heavy atom. The molecule has 5 nitrogen and oxygen atoms in total. The Bertz CT molecular complexity index is 1220. The molecule has 0 atom stereocenters. The summed E-state index contributed by atoms with van der Waals surface area (Å²) in [4.78, 5) is 19.9. The smallest absolute Gasteiger partial charge is 0.348 e. The van der Waals surface area contributed by atoms with Crippen molar-refractivity contribution in [3.8, 4) is 0 Å². The van der Waals surface area contributed by atoms with Gasteiger partial charge < -0.3 is 15.6 Å². The molecule has 3 aromatic heterocycles. The molecule has 0 aliphatic heterocycles. The van der Waals surface area contributed by atoms with Gasteiger partial charge in [-0.05, 0) is 41.3 Å². The van der Waals surface area contributed by atoms with Gasteiger partial charge in [-0.2, -0.15) is 13.2 Å². The number of carbonyl (C=O) groups is 1. The molecule has 0 unspecified atom stereocenters. The molecule has 0 aliphatic rings. The fourth-order valence-electron chi connectivity index (χ4n) is 2.95. The molecule has 3 heterocycles. The van der Waals surface area contributed by atoms with Crippen molar-refractivity contribution in [2.75, 3.05) is 5.32 Å². The van der Waals surface area contributed by atoms with Gasteiger partial charge in [0, 0.05) is 24.3 Å². The molecule has 3 N–H and O–H groups in total. The molecule has 1 aromatic carbocycles. The number of hydrogen-bond donors (Lipinski definition) is 3. The number of carbonyl (C=O) groups excluding carboxylic acids is 1. The minimum Gasteiger partial charge on any atom is -0.348 e. The number of rotatable bonds is 5. The maximum atomic E-state index is 12.8. The molecule has 1 amide bonds. The number of alkyl halides is 3. The van der Waals surface area contributed by atoms with Crippen LogP contribution in [-0.4, -0.2) is 15.9 Å². The summed E-state index contributed by atoms with van der Waals surface area (Å²) in [7, 11) is 0. The standard InChI is InChI=1S/C20H14ClF3N4OS/c21-15-9-11(1-2-14(15)20(22,23)24)10-27-18(29)13-5-8-30-19(13)28-16-4-7-26-17-12(16)3-6-25-17/h1-9H,10H2,(H,27,29)(H2,25,26,28). The number of aromatic nitrogens is 2. The lowest BCUT2D eigenvalue weighted by Gasteiger charge is -2.12. The minimum atomic E-state index is -4.52. The second kappa shape index (κ2) is 8.00. The fourth-order valence-corrected chi connectivity index (χ4v) is 4.06. The molecular weight excluding hydrogens is 437 g/mol. The fraction of sp³-hybridized carbons (Fsp3) is 0.100. The number of hydrogen-bond acceptors (Lipinski definition) is 4. The van der Waals surface area contributed by atoms with E-state index in [9.17, 15) is 18.0 Å². The van der Waals surface area contributed by atoms with E-state index < -0.39 is 16.8 Å². The van der Waals surface area contributed by atoms with Gasteiger partial charge in [-0.15, -0.1) is 11.3 Å². The van der Waals surface area contributed by atoms with Gasteiger partial charge in [-0.3, -0.25) is 4.79 Å². The van der Waals surface area contributed by atoms with E-state index in [4.69, 9.17) is 11.6 Å². The second-order valence-corrected chi connectivity index (χ2v) is 7.70. The predicted octanol–water partition coefficient (Wildman–Crippen LogP) is 5.97. The van der Waals surface area contributed by atoms with Gasteiger partial charge in [-0.25, -0.2) is 4.98 Å². The summed E-state index contributed by atoms with van der Waals surface area (Å²) in [5.74, 6) is -0.353. The Labute approximate surface area is 177 Å². The molecule has 30 heavy (non-hydrogen) atoms. The lowest BCUT2D eigenvalue weighted by Crippen LogP contribution is -2.23. The van der Waals surface area contributed by atoms with Crippen LogP contribution in [0.5, 0.6) is 0 Å². The van der Waals surface area contributed by atoms with Gasteiger partial charge in [0.25, 0.3) is 5.91 Å². The van der Waals surface area contributed by atoms with E-state index in [0.717, 1.165) is 22.8 Å². The third-order valence-corrected chi connectivity index (χ3v) is 5.55. The molecule has 0 saturated heterocycles. The molecule has 0 radical (unpaired) electrons. The van der Waals surface area contributed by atoms with Crippen LogP contribution in [0.15, 0.2) is 54.2 Å². The van der Waals surface area contributed by atoms with Gasteiger partial charge in [0.05, 0.1) is 21.8 Å². The quantitative estimate of drug-likeness (QED) is 0.351. The Balaban J connectivity index is 1.47. The number of amides is 1. The highest BCUT2D eigenvalue weighted by molar-refractivity contribution is 7.14. The Morgan fingerprint density at radius 1 is 1.20 bits per heavy atom. The van der Waals surface area contributed by atoms with Gasteiger partial charge in [0.2, 0.25) is 0 Å². The van der Waals surface area contributed by atoms with Crippen molar-refractivity contribution in [1.29, 1.82) is 0 Å². The molecule has 154 valence electrons. The molecule has 0 bridgehead atoms. The molecule has 0 aliphatic carbocycles. The number of thiophene rings is 1. The summed E-state index contributed by atoms with van der Waals surface area (Å²) in [6.45, 7) is 0.0449. The summed E-state index contributed by atoms with van der Waals surface area (Å²) in [6, 6.07) is 8.77. The van der Waals surface area contributed by atoms with Crippen LogP contribution in [-0.2, 0) is 12.7 Å². The first-order chi connectivity index (χ1) is 14.3. The number of anilines is 2. The van der Waals surface area contributed by atoms with Crippen molar-refractivity contribution < 1.29 is 18.0 Å². The summed E-state index contributed by atoms with van der Waals surface area (Å²) < 4.78 is 38.4. The number of nitrogens with zero attached hydrogens (tertiary/aromatic N) is 1. The first-order valence-electron chi connectivity index (χ1n) is 8.73. The lowest BCUT2D eigenvalue weighted by molar-refractivity contribution is -0.137. The predicted molar refractivity (Wildman–Crippen MR) is 111 cm³/mol. The topological polar surface area (TPSA) is 69.8 Å². The number of nitrogens with one attached hydrogen (secondary N) is 3. The summed E-state index contributed by atoms with van der Waals surface area (Å²) in [5, 5.41) is 8.87. The van der Waals surface area contributed by atoms with E-state index in [2.05, 4.69) is 20.6 Å². The first-order valence-corrected chi connectivity index (χ1v) is 9.99. The number of H-pyrrole nitrogens is 1. The molecule has 4 rings (SSSR count). The number of pyridine rings is 1. The van der Waals surface area contributed by atoms with Crippen LogP contribution < -0.4 is 10.6 Å². The summed E-state index contributed by atoms with van der Waals surface area (Å²) in [5.41, 5.74) is 1.51. The van der Waals surface area contributed by atoms with E-state index in [-0.39, 0.29) is 12.5 Å². The van der Waals surface area contributed by atoms with Crippen LogP contribution in [0.2, 0.25) is 5.02 Å². The van der Waals surface area contributed by atoms with E-state index in [1.165, 1.54) is 23.5 Å². The van der Waals surface area contributed by atoms with Crippen LogP contribution in [0, 0.1) is 0 Å². The van der Waals surface area contributed by atoms with Crippen molar-refractivity contribution in [1.82, 2.24) is 15.3 Å². The van der Waals surface area contributed by atoms with Crippen LogP contribution in [0.1, 0.15) is 21.5 Å². The highest BCUT2D eigenvalue weighted by atomic mass is 35.5. The zero-order valence-electron chi connectivity index (χ0n) is 15.2. The molecular formula is C20H14ClF3N4OS. The Kier molecular flexibility index (Phi) is 5.40. The summed E-state index contributed by atoms with van der Waals surface area (Å²) in [6.07, 6.45) is -1.09. The molecule has 0 spiro atoms. The SMILES string of the molecule is O=C(NCc1ccc(C(F)(F)F)c(Cl)c1)c1ccsc1Nc1ccnc2[nH]ccc12. The summed E-state index contributed by atoms with van der Waals surface area (Å²) >= 11 is 7.10. The molecule has 4 aromatic rings. The normalized spacial score (nSPS) is 11.6. The zero-order valence-corrected chi connectivity index (χ0v) is 16.8. The van der Waals surface area contributed by atoms with Crippen molar-refractivity contribution >= 4 is 50.6 Å². The van der Waals surface area contributed by atoms with Crippen LogP contribution in [0.3, 0.4) is 0 Å². The van der Waals surface area contributed by atoms with Crippen molar-refractivity contribution in [2.24, 2.45) is 0 Å². The Hall–Kier alpha value is -3.04. The van der Waals surface area contributed by atoms with Crippen molar-refractivity contribution in [3.05, 3.63) is 75.9 Å². The van der Waals surface area contributed by atoms with Crippen molar-refractivity contribution in [2.45, 2.75) is 12.7 Å². The van der Waals surface area contributed by atoms with Gasteiger partial charge in [-0.1, -0.05) is 17.7 Å². The van der Waals surface area contributed by atoms with Crippen molar-refractivity contribution in [3.63, 3.8) is 0 Å². The average Bonchev–Trinajstić information content (AvgIpc) is 3.35. The van der Waals surface area contributed by atoms with Gasteiger partial charge >= 0.3 is 6.18 Å². The van der Waals surface area contributed by atoms with E-state index in [0.29, 0.717) is 16.1 Å². The number of benzene rings is 1. The third kappa shape index (κ3) is 4.12. The third-order valence-electron chi connectivity index (χ3n) is 4.41. The van der Waals surface area contributed by atoms with Crippen LogP contribution >= 0.6 is 22.9 Å². The number of halogens is 4. The molecule has 0 saturated carbocycles. The largest absolute Gasteiger partial charge is 0.417 e. The second-order valence-electron chi connectivity index (χ2n) is 6.38. The lowest BCUT2D eigenvalue weighted by atomic mass is 10.1. The van der Waals surface area contributed by atoms with Crippen LogP contribution in [0.4, 0.5) is 23.9 Å². The van der Waals surface area contributed by atoms with E-state index >= 15 is 0 Å². The van der Waals surface area contributed by atoms with Crippen LogP contribution in [0.25, 0.3) is 11.0 Å². The zero-order chi connectivity index (χ0) is 21.3. The van der Waals surface area contributed by atoms with E-state index in [1.807, 2.05) is 12.1 Å². The Morgan fingerprint density at radius 3 is 2.80 bits per heavy atom. The number of fused-ring (bicyclic) bond motifs is 1.